The summed E-state index contributed by atoms with van der Waals surface area (Å²) in [5.41, 5.74) is 2.05. The van der Waals surface area contributed by atoms with Crippen molar-refractivity contribution in [2.45, 2.75) is 13.8 Å². The van der Waals surface area contributed by atoms with Crippen molar-refractivity contribution in [2.24, 2.45) is 0 Å². The van der Waals surface area contributed by atoms with Gasteiger partial charge in [-0.15, -0.1) is 11.3 Å². The number of carboxylic acid groups (broad SMARTS) is 2. The van der Waals surface area contributed by atoms with Crippen molar-refractivity contribution in [3.8, 4) is 11.5 Å². The van der Waals surface area contributed by atoms with Crippen LogP contribution in [-0.4, -0.2) is 27.9 Å². The molecule has 0 saturated heterocycles. The molecule has 0 bridgehead atoms. The van der Waals surface area contributed by atoms with Gasteiger partial charge >= 0.3 is 11.9 Å². The monoisotopic (exact) mass is 490 g/mol. The van der Waals surface area contributed by atoms with E-state index in [9.17, 15) is 23.9 Å². The average molecular weight is 491 g/mol. The Balaban J connectivity index is 1.82. The number of carbonyl (C=O) groups excluding carboxylic acids is 1. The van der Waals surface area contributed by atoms with Crippen LogP contribution in [0.4, 0.5) is 4.39 Å². The van der Waals surface area contributed by atoms with E-state index in [0.717, 1.165) is 17.4 Å². The van der Waals surface area contributed by atoms with Crippen molar-refractivity contribution in [1.29, 1.82) is 0 Å². The van der Waals surface area contributed by atoms with E-state index in [1.807, 2.05) is 0 Å². The van der Waals surface area contributed by atoms with Gasteiger partial charge in [-0.25, -0.2) is 14.0 Å². The molecule has 1 aromatic heterocycles. The Kier molecular flexibility index (Phi) is 6.48. The van der Waals surface area contributed by atoms with Crippen LogP contribution in [0, 0.1) is 19.7 Å². The molecule has 4 aromatic rings. The average Bonchev–Trinajstić information content (AvgIpc) is 3.15. The number of aryl methyl sites for hydroxylation is 2. The van der Waals surface area contributed by atoms with Crippen LogP contribution in [0.5, 0.6) is 11.5 Å². The number of ketones is 1. The van der Waals surface area contributed by atoms with Crippen molar-refractivity contribution in [2.75, 3.05) is 0 Å². The highest BCUT2D eigenvalue weighted by Gasteiger charge is 2.25. The lowest BCUT2D eigenvalue weighted by Crippen LogP contribution is -2.06. The first kappa shape index (κ1) is 23.8. The molecule has 0 saturated carbocycles. The van der Waals surface area contributed by atoms with Gasteiger partial charge in [0.05, 0.1) is 5.56 Å². The van der Waals surface area contributed by atoms with Gasteiger partial charge in [0, 0.05) is 21.7 Å². The van der Waals surface area contributed by atoms with E-state index in [4.69, 9.17) is 9.84 Å². The number of ether oxygens (including phenoxy) is 1. The highest BCUT2D eigenvalue weighted by Crippen LogP contribution is 2.42. The molecule has 2 N–H and O–H groups in total. The second-order valence-corrected chi connectivity index (χ2v) is 8.91. The maximum atomic E-state index is 13.8. The van der Waals surface area contributed by atoms with Crippen molar-refractivity contribution in [3.63, 3.8) is 0 Å². The summed E-state index contributed by atoms with van der Waals surface area (Å²) in [6.45, 7) is 3.31. The normalized spacial score (nSPS) is 11.2. The molecular formula is C27H19FO6S. The minimum Gasteiger partial charge on any atom is -0.478 e. The number of carbonyl (C=O) groups is 3. The van der Waals surface area contributed by atoms with Crippen molar-refractivity contribution >= 4 is 45.2 Å². The number of benzene rings is 3. The van der Waals surface area contributed by atoms with E-state index in [-0.39, 0.29) is 22.0 Å². The lowest BCUT2D eigenvalue weighted by atomic mass is 9.97. The number of aromatic carboxylic acids is 1. The van der Waals surface area contributed by atoms with Gasteiger partial charge in [0.25, 0.3) is 0 Å². The summed E-state index contributed by atoms with van der Waals surface area (Å²) in [4.78, 5) is 36.1. The molecule has 0 aliphatic rings. The molecule has 0 unspecified atom stereocenters. The Bertz CT molecular complexity index is 1490. The first-order chi connectivity index (χ1) is 16.6. The van der Waals surface area contributed by atoms with Crippen LogP contribution in [0.1, 0.15) is 42.3 Å². The molecule has 0 aliphatic heterocycles. The molecule has 0 atom stereocenters. The molecule has 35 heavy (non-hydrogen) atoms. The van der Waals surface area contributed by atoms with Crippen LogP contribution in [0.15, 0.2) is 60.7 Å². The zero-order valence-electron chi connectivity index (χ0n) is 18.7. The Morgan fingerprint density at radius 1 is 0.943 bits per heavy atom. The van der Waals surface area contributed by atoms with Gasteiger partial charge < -0.3 is 14.9 Å². The molecule has 176 valence electrons. The molecule has 0 amide bonds. The molecular weight excluding hydrogens is 471 g/mol. The van der Waals surface area contributed by atoms with Crippen LogP contribution in [0.2, 0.25) is 0 Å². The van der Waals surface area contributed by atoms with Gasteiger partial charge in [-0.05, 0) is 79.1 Å². The Morgan fingerprint density at radius 3 is 2.20 bits per heavy atom. The number of fused-ring (bicyclic) bond motifs is 1. The van der Waals surface area contributed by atoms with Gasteiger partial charge in [0.1, 0.15) is 16.4 Å². The van der Waals surface area contributed by atoms with E-state index in [1.54, 1.807) is 44.2 Å². The van der Waals surface area contributed by atoms with Crippen molar-refractivity contribution in [3.05, 3.63) is 99.2 Å². The molecule has 6 nitrogen and oxygen atoms in total. The van der Waals surface area contributed by atoms with Gasteiger partial charge in [0.15, 0.2) is 5.75 Å². The molecule has 0 spiro atoms. The van der Waals surface area contributed by atoms with E-state index in [1.165, 1.54) is 30.3 Å². The van der Waals surface area contributed by atoms with Crippen LogP contribution in [0.3, 0.4) is 0 Å². The molecule has 0 aliphatic carbocycles. The Morgan fingerprint density at radius 2 is 1.60 bits per heavy atom. The number of aliphatic carboxylic acids is 1. The molecule has 3 aromatic carbocycles. The topological polar surface area (TPSA) is 101 Å². The lowest BCUT2D eigenvalue weighted by Gasteiger charge is -2.11. The number of halogens is 1. The van der Waals surface area contributed by atoms with Gasteiger partial charge in [-0.3, -0.25) is 4.79 Å². The predicted molar refractivity (Wildman–Crippen MR) is 131 cm³/mol. The first-order valence-corrected chi connectivity index (χ1v) is 11.3. The summed E-state index contributed by atoms with van der Waals surface area (Å²) in [5.74, 6) is -2.28. The quantitative estimate of drug-likeness (QED) is 0.227. The van der Waals surface area contributed by atoms with Crippen molar-refractivity contribution in [1.82, 2.24) is 0 Å². The zero-order valence-corrected chi connectivity index (χ0v) is 19.5. The third-order valence-electron chi connectivity index (χ3n) is 5.34. The minimum atomic E-state index is -1.09. The number of carboxylic acids is 2. The van der Waals surface area contributed by atoms with E-state index >= 15 is 0 Å². The minimum absolute atomic E-state index is 0.0769. The highest BCUT2D eigenvalue weighted by atomic mass is 32.1. The third-order valence-corrected chi connectivity index (χ3v) is 6.47. The second kappa shape index (κ2) is 9.52. The number of hydrogen-bond donors (Lipinski definition) is 2. The van der Waals surface area contributed by atoms with Crippen LogP contribution in [0.25, 0.3) is 16.2 Å². The highest BCUT2D eigenvalue weighted by molar-refractivity contribution is 7.21. The summed E-state index contributed by atoms with van der Waals surface area (Å²) >= 11 is 1.11. The van der Waals surface area contributed by atoms with E-state index < -0.39 is 17.8 Å². The fraction of sp³-hybridized carbons (Fsp3) is 0.0741. The van der Waals surface area contributed by atoms with E-state index in [2.05, 4.69) is 0 Å². The summed E-state index contributed by atoms with van der Waals surface area (Å²) in [6.07, 6.45) is 2.46. The molecule has 1 heterocycles. The third kappa shape index (κ3) is 4.97. The zero-order chi connectivity index (χ0) is 25.3. The molecule has 8 heteroatoms. The van der Waals surface area contributed by atoms with E-state index in [0.29, 0.717) is 38.1 Å². The van der Waals surface area contributed by atoms with Gasteiger partial charge in [-0.2, -0.15) is 0 Å². The second-order valence-electron chi connectivity index (χ2n) is 7.86. The summed E-state index contributed by atoms with van der Waals surface area (Å²) in [6, 6.07) is 13.7. The standard InChI is InChI=1S/C27H19FO6S/c1-14-11-18(28)12-15(2)23(14)24(31)26-25(20-9-6-17(27(32)33)13-21(20)35-26)34-19-7-3-16(4-8-19)5-10-22(29)30/h3-13H,1-2H3,(H,29,30)(H,32,33)/b10-5+. The number of thiophene rings is 1. The van der Waals surface area contributed by atoms with Gasteiger partial charge in [-0.1, -0.05) is 12.1 Å². The number of hydrogen-bond acceptors (Lipinski definition) is 5. The molecule has 0 fully saturated rings. The maximum Gasteiger partial charge on any atom is 0.335 e. The lowest BCUT2D eigenvalue weighted by molar-refractivity contribution is -0.131. The summed E-state index contributed by atoms with van der Waals surface area (Å²) in [5, 5.41) is 18.7. The predicted octanol–water partition coefficient (Wildman–Crippen LogP) is 6.48. The smallest absolute Gasteiger partial charge is 0.335 e. The van der Waals surface area contributed by atoms with Crippen molar-refractivity contribution < 1.29 is 33.7 Å². The fourth-order valence-corrected chi connectivity index (χ4v) is 4.89. The summed E-state index contributed by atoms with van der Waals surface area (Å²) in [7, 11) is 0. The first-order valence-electron chi connectivity index (χ1n) is 10.4. The Hall–Kier alpha value is -4.30. The molecule has 0 radical (unpaired) electrons. The van der Waals surface area contributed by atoms with Gasteiger partial charge in [0.2, 0.25) is 5.78 Å². The SMILES string of the molecule is Cc1cc(F)cc(C)c1C(=O)c1sc2cc(C(=O)O)ccc2c1Oc1ccc(/C=C/C(=O)O)cc1. The Labute approximate surface area is 203 Å². The fourth-order valence-electron chi connectivity index (χ4n) is 3.77. The summed E-state index contributed by atoms with van der Waals surface area (Å²) < 4.78 is 20.5. The largest absolute Gasteiger partial charge is 0.478 e. The van der Waals surface area contributed by atoms with Crippen LogP contribution in [-0.2, 0) is 4.79 Å². The maximum absolute atomic E-state index is 13.8. The molecule has 4 rings (SSSR count). The number of rotatable bonds is 7. The van der Waals surface area contributed by atoms with Crippen LogP contribution >= 0.6 is 11.3 Å². The van der Waals surface area contributed by atoms with Crippen LogP contribution < -0.4 is 4.74 Å².